The topological polar surface area (TPSA) is 50.3 Å². The van der Waals surface area contributed by atoms with Gasteiger partial charge in [-0.15, -0.1) is 11.3 Å². The third-order valence-electron chi connectivity index (χ3n) is 3.47. The third-order valence-corrected chi connectivity index (χ3v) is 6.32. The molecule has 6 heteroatoms. The van der Waals surface area contributed by atoms with Crippen molar-refractivity contribution in [2.45, 2.75) is 24.3 Å². The van der Waals surface area contributed by atoms with E-state index in [1.165, 1.54) is 11.3 Å². The predicted molar refractivity (Wildman–Crippen MR) is 80.2 cm³/mol. The van der Waals surface area contributed by atoms with Crippen molar-refractivity contribution in [1.29, 1.82) is 0 Å². The lowest BCUT2D eigenvalue weighted by atomic mass is 10.2. The van der Waals surface area contributed by atoms with Gasteiger partial charge in [-0.3, -0.25) is 0 Å². The van der Waals surface area contributed by atoms with Crippen LogP contribution in [-0.4, -0.2) is 30.8 Å². The fraction of sp³-hybridized carbons (Fsp3) is 0.357. The summed E-state index contributed by atoms with van der Waals surface area (Å²) in [4.78, 5) is 4.86. The van der Waals surface area contributed by atoms with Gasteiger partial charge in [0.2, 0.25) is 0 Å². The summed E-state index contributed by atoms with van der Waals surface area (Å²) < 4.78 is 27.0. The first-order valence-electron chi connectivity index (χ1n) is 6.68. The summed E-state index contributed by atoms with van der Waals surface area (Å²) in [6.07, 6.45) is 2.97. The van der Waals surface area contributed by atoms with E-state index in [0.717, 1.165) is 29.7 Å². The van der Waals surface area contributed by atoms with Gasteiger partial charge in [0.1, 0.15) is 0 Å². The molecule has 3 rings (SSSR count). The zero-order valence-corrected chi connectivity index (χ0v) is 12.7. The average molecular weight is 308 g/mol. The highest BCUT2D eigenvalue weighted by Crippen LogP contribution is 2.32. The molecule has 1 aliphatic heterocycles. The minimum atomic E-state index is -3.46. The van der Waals surface area contributed by atoms with Gasteiger partial charge in [-0.05, 0) is 18.4 Å². The molecule has 4 nitrogen and oxygen atoms in total. The fourth-order valence-corrected chi connectivity index (χ4v) is 5.17. The van der Waals surface area contributed by atoms with Gasteiger partial charge < -0.3 is 0 Å². The van der Waals surface area contributed by atoms with Crippen molar-refractivity contribution in [3.63, 3.8) is 0 Å². The Hall–Kier alpha value is -1.24. The number of thiazole rings is 1. The first kappa shape index (κ1) is 13.7. The summed E-state index contributed by atoms with van der Waals surface area (Å²) in [6.45, 7) is 1.21. The van der Waals surface area contributed by atoms with Crippen LogP contribution in [0.3, 0.4) is 0 Å². The maximum Gasteiger partial charge on any atom is 0.262 e. The monoisotopic (exact) mass is 308 g/mol. The standard InChI is InChI=1S/C14H16N2O2S2/c17-20(18,16-9-5-2-6-10-16)14-13(19-11-15-14)12-7-3-1-4-8-12/h1,3-4,7-8,11H,2,5-6,9-10H2. The molecule has 0 saturated carbocycles. The van der Waals surface area contributed by atoms with Crippen LogP contribution in [0.1, 0.15) is 19.3 Å². The molecule has 0 atom stereocenters. The molecule has 1 aromatic carbocycles. The summed E-state index contributed by atoms with van der Waals surface area (Å²) >= 11 is 1.38. The summed E-state index contributed by atoms with van der Waals surface area (Å²) in [5.74, 6) is 0. The zero-order valence-electron chi connectivity index (χ0n) is 11.0. The lowest BCUT2D eigenvalue weighted by molar-refractivity contribution is 0.346. The van der Waals surface area contributed by atoms with Crippen LogP contribution in [0.5, 0.6) is 0 Å². The second kappa shape index (κ2) is 5.63. The van der Waals surface area contributed by atoms with Crippen molar-refractivity contribution in [3.05, 3.63) is 35.8 Å². The van der Waals surface area contributed by atoms with Crippen LogP contribution in [0, 0.1) is 0 Å². The largest absolute Gasteiger partial charge is 0.262 e. The van der Waals surface area contributed by atoms with Crippen LogP contribution in [-0.2, 0) is 10.0 Å². The van der Waals surface area contributed by atoms with Gasteiger partial charge in [-0.1, -0.05) is 36.8 Å². The van der Waals surface area contributed by atoms with Crippen LogP contribution < -0.4 is 0 Å². The number of hydrogen-bond donors (Lipinski definition) is 0. The number of nitrogens with zero attached hydrogens (tertiary/aromatic N) is 2. The Morgan fingerprint density at radius 3 is 2.45 bits per heavy atom. The number of aromatic nitrogens is 1. The molecule has 1 aromatic heterocycles. The van der Waals surface area contributed by atoms with Gasteiger partial charge in [0.05, 0.1) is 10.4 Å². The minimum Gasteiger partial charge on any atom is -0.231 e. The van der Waals surface area contributed by atoms with E-state index in [2.05, 4.69) is 4.98 Å². The maximum atomic E-state index is 12.7. The van der Waals surface area contributed by atoms with Crippen molar-refractivity contribution in [3.8, 4) is 10.4 Å². The van der Waals surface area contributed by atoms with E-state index in [9.17, 15) is 8.42 Å². The van der Waals surface area contributed by atoms with Gasteiger partial charge in [0.25, 0.3) is 10.0 Å². The van der Waals surface area contributed by atoms with Crippen LogP contribution in [0.4, 0.5) is 0 Å². The molecule has 2 heterocycles. The Bertz CT molecular complexity index is 674. The summed E-state index contributed by atoms with van der Waals surface area (Å²) in [6, 6.07) is 9.58. The molecule has 0 bridgehead atoms. The normalized spacial score (nSPS) is 17.2. The molecule has 0 unspecified atom stereocenters. The second-order valence-electron chi connectivity index (χ2n) is 4.82. The highest BCUT2D eigenvalue weighted by Gasteiger charge is 2.30. The predicted octanol–water partition coefficient (Wildman–Crippen LogP) is 2.98. The Balaban J connectivity index is 2.01. The van der Waals surface area contributed by atoms with E-state index in [4.69, 9.17) is 0 Å². The van der Waals surface area contributed by atoms with E-state index in [1.807, 2.05) is 30.3 Å². The molecule has 1 saturated heterocycles. The Morgan fingerprint density at radius 1 is 1.05 bits per heavy atom. The Morgan fingerprint density at radius 2 is 1.75 bits per heavy atom. The van der Waals surface area contributed by atoms with Gasteiger partial charge in [-0.25, -0.2) is 13.4 Å². The summed E-state index contributed by atoms with van der Waals surface area (Å²) in [5.41, 5.74) is 2.52. The molecule has 1 aliphatic rings. The van der Waals surface area contributed by atoms with E-state index < -0.39 is 10.0 Å². The molecular formula is C14H16N2O2S2. The minimum absolute atomic E-state index is 0.204. The first-order chi connectivity index (χ1) is 9.69. The summed E-state index contributed by atoms with van der Waals surface area (Å²) in [5, 5.41) is 0.204. The average Bonchev–Trinajstić information content (AvgIpc) is 2.99. The molecule has 0 N–H and O–H groups in total. The van der Waals surface area contributed by atoms with Gasteiger partial charge in [-0.2, -0.15) is 4.31 Å². The maximum absolute atomic E-state index is 12.7. The van der Waals surface area contributed by atoms with Gasteiger partial charge in [0.15, 0.2) is 5.03 Å². The van der Waals surface area contributed by atoms with E-state index in [1.54, 1.807) is 9.82 Å². The van der Waals surface area contributed by atoms with E-state index in [-0.39, 0.29) is 5.03 Å². The number of hydrogen-bond acceptors (Lipinski definition) is 4. The van der Waals surface area contributed by atoms with Gasteiger partial charge >= 0.3 is 0 Å². The Labute approximate surface area is 123 Å². The third kappa shape index (κ3) is 2.51. The van der Waals surface area contributed by atoms with Crippen molar-refractivity contribution >= 4 is 21.4 Å². The number of rotatable bonds is 3. The number of piperidine rings is 1. The molecule has 0 spiro atoms. The molecule has 0 radical (unpaired) electrons. The Kier molecular flexibility index (Phi) is 3.87. The SMILES string of the molecule is O=S(=O)(c1ncsc1-c1ccccc1)N1CCCCC1. The van der Waals surface area contributed by atoms with Crippen molar-refractivity contribution in [1.82, 2.24) is 9.29 Å². The van der Waals surface area contributed by atoms with Crippen LogP contribution in [0.2, 0.25) is 0 Å². The van der Waals surface area contributed by atoms with Crippen molar-refractivity contribution in [2.24, 2.45) is 0 Å². The first-order valence-corrected chi connectivity index (χ1v) is 9.00. The highest BCUT2D eigenvalue weighted by molar-refractivity contribution is 7.89. The van der Waals surface area contributed by atoms with Crippen LogP contribution in [0.25, 0.3) is 10.4 Å². The molecule has 0 amide bonds. The number of sulfonamides is 1. The quantitative estimate of drug-likeness (QED) is 0.876. The fourth-order valence-electron chi connectivity index (χ4n) is 2.43. The lowest BCUT2D eigenvalue weighted by Crippen LogP contribution is -2.36. The molecule has 1 fully saturated rings. The lowest BCUT2D eigenvalue weighted by Gasteiger charge is -2.25. The molecule has 20 heavy (non-hydrogen) atoms. The molecule has 2 aromatic rings. The molecule has 0 aliphatic carbocycles. The molecular weight excluding hydrogens is 292 g/mol. The molecule has 106 valence electrons. The van der Waals surface area contributed by atoms with Crippen molar-refractivity contribution in [2.75, 3.05) is 13.1 Å². The van der Waals surface area contributed by atoms with Crippen LogP contribution in [0.15, 0.2) is 40.9 Å². The van der Waals surface area contributed by atoms with Gasteiger partial charge in [0, 0.05) is 13.1 Å². The van der Waals surface area contributed by atoms with Crippen LogP contribution >= 0.6 is 11.3 Å². The van der Waals surface area contributed by atoms with E-state index >= 15 is 0 Å². The summed E-state index contributed by atoms with van der Waals surface area (Å²) in [7, 11) is -3.46. The highest BCUT2D eigenvalue weighted by atomic mass is 32.2. The smallest absolute Gasteiger partial charge is 0.231 e. The number of benzene rings is 1. The van der Waals surface area contributed by atoms with Crippen molar-refractivity contribution < 1.29 is 8.42 Å². The zero-order chi connectivity index (χ0) is 14.0. The second-order valence-corrected chi connectivity index (χ2v) is 7.53. The van der Waals surface area contributed by atoms with E-state index in [0.29, 0.717) is 13.1 Å².